The Hall–Kier alpha value is -1.88. The molecule has 2 rings (SSSR count). The molecule has 94 valence electrons. The van der Waals surface area contributed by atoms with Crippen LogP contribution in [0.2, 0.25) is 5.02 Å². The summed E-state index contributed by atoms with van der Waals surface area (Å²) < 4.78 is 0. The van der Waals surface area contributed by atoms with Gasteiger partial charge in [0.2, 0.25) is 0 Å². The molecule has 0 atom stereocenters. The molecule has 0 aliphatic carbocycles. The normalized spacial score (nSPS) is 10.3. The van der Waals surface area contributed by atoms with Gasteiger partial charge in [-0.2, -0.15) is 5.10 Å². The highest BCUT2D eigenvalue weighted by Crippen LogP contribution is 2.18. The molecule has 2 aromatic rings. The highest BCUT2D eigenvalue weighted by Gasteiger charge is 2.10. The molecule has 2 aromatic heterocycles. The van der Waals surface area contributed by atoms with E-state index in [-0.39, 0.29) is 5.56 Å². The first-order chi connectivity index (χ1) is 8.68. The highest BCUT2D eigenvalue weighted by atomic mass is 35.5. The molecule has 1 N–H and O–H groups in total. The Kier molecular flexibility index (Phi) is 3.94. The fourth-order valence-corrected chi connectivity index (χ4v) is 1.96. The second kappa shape index (κ2) is 5.64. The third-order valence-corrected chi connectivity index (χ3v) is 2.93. The van der Waals surface area contributed by atoms with Crippen molar-refractivity contribution in [1.29, 1.82) is 0 Å². The summed E-state index contributed by atoms with van der Waals surface area (Å²) in [6.07, 6.45) is 5.75. The van der Waals surface area contributed by atoms with E-state index in [9.17, 15) is 4.79 Å². The van der Waals surface area contributed by atoms with E-state index in [4.69, 9.17) is 11.6 Å². The molecule has 0 spiro atoms. The molecule has 0 aromatic carbocycles. The molecule has 6 heteroatoms. The van der Waals surface area contributed by atoms with Crippen molar-refractivity contribution in [2.24, 2.45) is 0 Å². The SMILES string of the molecule is CN(CCc1ccncc1)c1c(Cl)cn[nH]c1=O. The molecule has 0 saturated heterocycles. The lowest BCUT2D eigenvalue weighted by molar-refractivity contribution is 0.854. The second-order valence-corrected chi connectivity index (χ2v) is 4.33. The maximum Gasteiger partial charge on any atom is 0.289 e. The number of hydrogen-bond donors (Lipinski definition) is 1. The van der Waals surface area contributed by atoms with E-state index in [1.165, 1.54) is 11.8 Å². The molecule has 0 bridgehead atoms. The lowest BCUT2D eigenvalue weighted by atomic mass is 10.2. The number of likely N-dealkylation sites (N-methyl/N-ethyl adjacent to an activating group) is 1. The minimum Gasteiger partial charge on any atom is -0.369 e. The monoisotopic (exact) mass is 264 g/mol. The van der Waals surface area contributed by atoms with Crippen molar-refractivity contribution in [3.63, 3.8) is 0 Å². The zero-order chi connectivity index (χ0) is 13.0. The van der Waals surface area contributed by atoms with Gasteiger partial charge in [0.05, 0.1) is 11.2 Å². The Bertz CT molecular complexity index is 570. The third-order valence-electron chi connectivity index (χ3n) is 2.65. The molecule has 5 nitrogen and oxygen atoms in total. The Morgan fingerprint density at radius 1 is 1.39 bits per heavy atom. The standard InChI is InChI=1S/C12H13ClN4O/c1-17(7-4-9-2-5-14-6-3-9)11-10(13)8-15-16-12(11)18/h2-3,5-6,8H,4,7H2,1H3,(H,16,18). The Morgan fingerprint density at radius 2 is 2.11 bits per heavy atom. The number of nitrogens with one attached hydrogen (secondary N) is 1. The van der Waals surface area contributed by atoms with Crippen LogP contribution in [0.25, 0.3) is 0 Å². The minimum atomic E-state index is -0.278. The van der Waals surface area contributed by atoms with Crippen LogP contribution in [0.5, 0.6) is 0 Å². The van der Waals surface area contributed by atoms with Crippen LogP contribution in [0, 0.1) is 0 Å². The van der Waals surface area contributed by atoms with E-state index in [2.05, 4.69) is 15.2 Å². The Balaban J connectivity index is 2.09. The number of rotatable bonds is 4. The van der Waals surface area contributed by atoms with E-state index >= 15 is 0 Å². The van der Waals surface area contributed by atoms with Crippen LogP contribution in [-0.2, 0) is 6.42 Å². The number of anilines is 1. The van der Waals surface area contributed by atoms with E-state index in [0.29, 0.717) is 17.3 Å². The Morgan fingerprint density at radius 3 is 2.78 bits per heavy atom. The van der Waals surface area contributed by atoms with Gasteiger partial charge in [-0.15, -0.1) is 0 Å². The molecule has 0 amide bonds. The molecule has 0 radical (unpaired) electrons. The van der Waals surface area contributed by atoms with Crippen LogP contribution in [0.4, 0.5) is 5.69 Å². The van der Waals surface area contributed by atoms with Crippen LogP contribution in [0.15, 0.2) is 35.5 Å². The second-order valence-electron chi connectivity index (χ2n) is 3.92. The summed E-state index contributed by atoms with van der Waals surface area (Å²) in [7, 11) is 1.83. The zero-order valence-electron chi connectivity index (χ0n) is 9.93. The number of halogens is 1. The van der Waals surface area contributed by atoms with Crippen LogP contribution < -0.4 is 10.5 Å². The van der Waals surface area contributed by atoms with Crippen molar-refractivity contribution >= 4 is 17.3 Å². The third kappa shape index (κ3) is 2.87. The molecule has 0 aliphatic rings. The van der Waals surface area contributed by atoms with Crippen LogP contribution >= 0.6 is 11.6 Å². The topological polar surface area (TPSA) is 61.9 Å². The van der Waals surface area contributed by atoms with Crippen molar-refractivity contribution in [3.05, 3.63) is 51.7 Å². The largest absolute Gasteiger partial charge is 0.369 e. The molecular weight excluding hydrogens is 252 g/mol. The predicted molar refractivity (Wildman–Crippen MR) is 71.1 cm³/mol. The number of aromatic nitrogens is 3. The van der Waals surface area contributed by atoms with Gasteiger partial charge in [0.15, 0.2) is 0 Å². The van der Waals surface area contributed by atoms with E-state index in [0.717, 1.165) is 6.42 Å². The van der Waals surface area contributed by atoms with Crippen LogP contribution in [0.3, 0.4) is 0 Å². The van der Waals surface area contributed by atoms with E-state index in [1.807, 2.05) is 24.1 Å². The smallest absolute Gasteiger partial charge is 0.289 e. The quantitative estimate of drug-likeness (QED) is 0.909. The van der Waals surface area contributed by atoms with Gasteiger partial charge in [0, 0.05) is 26.0 Å². The van der Waals surface area contributed by atoms with Gasteiger partial charge in [0.25, 0.3) is 5.56 Å². The zero-order valence-corrected chi connectivity index (χ0v) is 10.7. The number of H-pyrrole nitrogens is 1. The average molecular weight is 265 g/mol. The summed E-state index contributed by atoms with van der Waals surface area (Å²) in [6, 6.07) is 3.90. The number of hydrogen-bond acceptors (Lipinski definition) is 4. The first-order valence-electron chi connectivity index (χ1n) is 5.51. The minimum absolute atomic E-state index is 0.278. The number of nitrogens with zero attached hydrogens (tertiary/aromatic N) is 3. The lowest BCUT2D eigenvalue weighted by Crippen LogP contribution is -2.27. The maximum absolute atomic E-state index is 11.6. The molecule has 0 fully saturated rings. The number of pyridine rings is 1. The lowest BCUT2D eigenvalue weighted by Gasteiger charge is -2.18. The van der Waals surface area contributed by atoms with Crippen molar-refractivity contribution < 1.29 is 0 Å². The molecule has 0 unspecified atom stereocenters. The van der Waals surface area contributed by atoms with Crippen molar-refractivity contribution in [2.75, 3.05) is 18.5 Å². The summed E-state index contributed by atoms with van der Waals surface area (Å²) in [5.41, 5.74) is 1.33. The summed E-state index contributed by atoms with van der Waals surface area (Å²) in [6.45, 7) is 0.691. The first-order valence-corrected chi connectivity index (χ1v) is 5.89. The first kappa shape index (κ1) is 12.6. The Labute approximate surface area is 109 Å². The average Bonchev–Trinajstić information content (AvgIpc) is 2.37. The van der Waals surface area contributed by atoms with Crippen LogP contribution in [0.1, 0.15) is 5.56 Å². The summed E-state index contributed by atoms with van der Waals surface area (Å²) >= 11 is 5.97. The van der Waals surface area contributed by atoms with Gasteiger partial charge < -0.3 is 4.90 Å². The van der Waals surface area contributed by atoms with Gasteiger partial charge >= 0.3 is 0 Å². The van der Waals surface area contributed by atoms with Gasteiger partial charge in [-0.25, -0.2) is 5.10 Å². The molecule has 0 aliphatic heterocycles. The van der Waals surface area contributed by atoms with Gasteiger partial charge in [0.1, 0.15) is 5.69 Å². The molecule has 0 saturated carbocycles. The van der Waals surface area contributed by atoms with E-state index < -0.39 is 0 Å². The van der Waals surface area contributed by atoms with Crippen molar-refractivity contribution in [2.45, 2.75) is 6.42 Å². The molecule has 18 heavy (non-hydrogen) atoms. The van der Waals surface area contributed by atoms with E-state index in [1.54, 1.807) is 12.4 Å². The van der Waals surface area contributed by atoms with Crippen LogP contribution in [-0.4, -0.2) is 28.8 Å². The van der Waals surface area contributed by atoms with Gasteiger partial charge in [-0.05, 0) is 24.1 Å². The van der Waals surface area contributed by atoms with Gasteiger partial charge in [-0.3, -0.25) is 9.78 Å². The predicted octanol–water partition coefficient (Wildman–Crippen LogP) is 1.50. The molecular formula is C12H13ClN4O. The summed E-state index contributed by atoms with van der Waals surface area (Å²) in [4.78, 5) is 17.4. The fourth-order valence-electron chi connectivity index (χ4n) is 1.68. The summed E-state index contributed by atoms with van der Waals surface area (Å²) in [5.74, 6) is 0. The van der Waals surface area contributed by atoms with Crippen molar-refractivity contribution in [1.82, 2.24) is 15.2 Å². The fraction of sp³-hybridized carbons (Fsp3) is 0.250. The number of aromatic amines is 1. The van der Waals surface area contributed by atoms with Crippen molar-refractivity contribution in [3.8, 4) is 0 Å². The maximum atomic E-state index is 11.6. The van der Waals surface area contributed by atoms with Gasteiger partial charge in [-0.1, -0.05) is 11.6 Å². The summed E-state index contributed by atoms with van der Waals surface area (Å²) in [5, 5.41) is 6.38. The molecule has 2 heterocycles. The highest BCUT2D eigenvalue weighted by molar-refractivity contribution is 6.33.